The number of para-hydroxylation sites is 1. The summed E-state index contributed by atoms with van der Waals surface area (Å²) in [5, 5.41) is 4.12. The van der Waals surface area contributed by atoms with Gasteiger partial charge in [-0.25, -0.2) is 4.68 Å². The zero-order valence-electron chi connectivity index (χ0n) is 10.8. The molecule has 0 bridgehead atoms. The molecular weight excluding hydrogens is 250 g/mol. The highest BCUT2D eigenvalue weighted by Crippen LogP contribution is 2.00. The first-order valence-electron chi connectivity index (χ1n) is 6.23. The number of benzene rings is 1. The average molecular weight is 263 g/mol. The molecule has 1 aromatic carbocycles. The maximum Gasteiger partial charge on any atom is 0.279 e. The topological polar surface area (TPSA) is 50.7 Å². The fourth-order valence-corrected chi connectivity index (χ4v) is 2.03. The number of aromatic amines is 1. The van der Waals surface area contributed by atoms with Gasteiger partial charge in [0.1, 0.15) is 0 Å². The molecule has 0 amide bonds. The minimum Gasteiger partial charge on any atom is -0.291 e. The molecule has 3 rings (SSSR count). The third-order valence-corrected chi connectivity index (χ3v) is 3.02. The molecule has 0 saturated carbocycles. The number of rotatable bonds is 2. The Balaban J connectivity index is 2.21. The van der Waals surface area contributed by atoms with Crippen molar-refractivity contribution >= 4 is 12.7 Å². The molecule has 0 spiro atoms. The van der Waals surface area contributed by atoms with Gasteiger partial charge in [0.05, 0.1) is 16.3 Å². The van der Waals surface area contributed by atoms with Gasteiger partial charge in [-0.05, 0) is 29.8 Å². The lowest BCUT2D eigenvalue weighted by Gasteiger charge is -1.98. The number of pyridine rings is 1. The van der Waals surface area contributed by atoms with Crippen molar-refractivity contribution in [3.8, 4) is 5.69 Å². The van der Waals surface area contributed by atoms with E-state index < -0.39 is 0 Å². The zero-order valence-corrected chi connectivity index (χ0v) is 10.8. The van der Waals surface area contributed by atoms with Crippen molar-refractivity contribution in [2.24, 2.45) is 0 Å². The van der Waals surface area contributed by atoms with Crippen molar-refractivity contribution in [1.82, 2.24) is 14.8 Å². The Bertz CT molecular complexity index is 877. The molecule has 3 aromatic rings. The molecule has 2 heterocycles. The quantitative estimate of drug-likeness (QED) is 0.743. The normalized spacial score (nSPS) is 11.7. The minimum absolute atomic E-state index is 0.120. The average Bonchev–Trinajstić information content (AvgIpc) is 2.77. The second kappa shape index (κ2) is 5.01. The van der Waals surface area contributed by atoms with Crippen LogP contribution in [0.25, 0.3) is 18.3 Å². The van der Waals surface area contributed by atoms with Gasteiger partial charge in [-0.1, -0.05) is 30.8 Å². The maximum absolute atomic E-state index is 12.4. The highest BCUT2D eigenvalue weighted by atomic mass is 16.1. The zero-order chi connectivity index (χ0) is 13.9. The Morgan fingerprint density at radius 2 is 1.95 bits per heavy atom. The van der Waals surface area contributed by atoms with E-state index in [1.165, 1.54) is 4.68 Å². The number of hydrogen-bond donors (Lipinski definition) is 1. The molecule has 2 aromatic heterocycles. The highest BCUT2D eigenvalue weighted by molar-refractivity contribution is 5.47. The summed E-state index contributed by atoms with van der Waals surface area (Å²) in [6, 6.07) is 13.1. The van der Waals surface area contributed by atoms with Gasteiger partial charge in [-0.2, -0.15) is 0 Å². The molecule has 4 heteroatoms. The summed E-state index contributed by atoms with van der Waals surface area (Å²) in [5.41, 5.74) is 1.53. The fourth-order valence-electron chi connectivity index (χ4n) is 2.03. The van der Waals surface area contributed by atoms with E-state index in [9.17, 15) is 4.79 Å². The van der Waals surface area contributed by atoms with Crippen LogP contribution >= 0.6 is 0 Å². The molecule has 1 N–H and O–H groups in total. The first kappa shape index (κ1) is 12.2. The lowest BCUT2D eigenvalue weighted by Crippen LogP contribution is -2.33. The lowest BCUT2D eigenvalue weighted by molar-refractivity contribution is 0.838. The summed E-state index contributed by atoms with van der Waals surface area (Å²) in [6.45, 7) is 3.90. The predicted molar refractivity (Wildman–Crippen MR) is 79.0 cm³/mol. The first-order valence-corrected chi connectivity index (χ1v) is 6.23. The van der Waals surface area contributed by atoms with E-state index in [-0.39, 0.29) is 5.56 Å². The summed E-state index contributed by atoms with van der Waals surface area (Å²) < 4.78 is 1.49. The Labute approximate surface area is 115 Å². The third kappa shape index (κ3) is 2.19. The molecule has 0 unspecified atom stereocenters. The van der Waals surface area contributed by atoms with Crippen LogP contribution in [0.4, 0.5) is 0 Å². The number of nitrogens with one attached hydrogen (secondary N) is 1. The molecule has 0 atom stereocenters. The van der Waals surface area contributed by atoms with Gasteiger partial charge in [0, 0.05) is 12.4 Å². The van der Waals surface area contributed by atoms with Crippen LogP contribution in [0, 0.1) is 0 Å². The molecule has 0 aliphatic carbocycles. The van der Waals surface area contributed by atoms with Crippen LogP contribution in [0.2, 0.25) is 0 Å². The van der Waals surface area contributed by atoms with Gasteiger partial charge in [0.25, 0.3) is 5.56 Å². The van der Waals surface area contributed by atoms with E-state index in [0.717, 1.165) is 11.3 Å². The van der Waals surface area contributed by atoms with Crippen molar-refractivity contribution in [2.45, 2.75) is 0 Å². The van der Waals surface area contributed by atoms with Crippen molar-refractivity contribution in [3.05, 3.63) is 81.3 Å². The van der Waals surface area contributed by atoms with E-state index in [2.05, 4.69) is 16.7 Å². The van der Waals surface area contributed by atoms with Crippen molar-refractivity contribution < 1.29 is 0 Å². The standard InChI is InChI=1S/C16H13N3O/c1-12-15(10-13-6-5-9-17-11-13)16(20)19(18-12)14-7-3-2-4-8-14/h2-11,18H,1H2/b15-10-. The van der Waals surface area contributed by atoms with Crippen LogP contribution in [0.15, 0.2) is 59.7 Å². The first-order chi connectivity index (χ1) is 9.75. The Morgan fingerprint density at radius 1 is 1.15 bits per heavy atom. The molecule has 4 nitrogen and oxygen atoms in total. The molecule has 0 aliphatic rings. The second-order valence-corrected chi connectivity index (χ2v) is 4.41. The SMILES string of the molecule is C=c1[nH]n(-c2ccccc2)c(=O)/c1=C\c1cccnc1. The lowest BCUT2D eigenvalue weighted by atomic mass is 10.2. The van der Waals surface area contributed by atoms with E-state index in [1.807, 2.05) is 42.5 Å². The second-order valence-electron chi connectivity index (χ2n) is 4.41. The molecule has 0 aliphatic heterocycles. The van der Waals surface area contributed by atoms with Crippen molar-refractivity contribution in [1.29, 1.82) is 0 Å². The van der Waals surface area contributed by atoms with Gasteiger partial charge in [-0.15, -0.1) is 0 Å². The molecule has 0 fully saturated rings. The van der Waals surface area contributed by atoms with Gasteiger partial charge in [-0.3, -0.25) is 14.9 Å². The molecule has 0 saturated heterocycles. The molecule has 0 radical (unpaired) electrons. The summed E-state index contributed by atoms with van der Waals surface area (Å²) >= 11 is 0. The number of nitrogens with zero attached hydrogens (tertiary/aromatic N) is 2. The predicted octanol–water partition coefficient (Wildman–Crippen LogP) is 0.800. The Kier molecular flexibility index (Phi) is 3.05. The highest BCUT2D eigenvalue weighted by Gasteiger charge is 2.03. The molecule has 20 heavy (non-hydrogen) atoms. The largest absolute Gasteiger partial charge is 0.291 e. The Morgan fingerprint density at radius 3 is 2.65 bits per heavy atom. The van der Waals surface area contributed by atoms with Crippen LogP contribution in [-0.2, 0) is 0 Å². The number of aromatic nitrogens is 3. The van der Waals surface area contributed by atoms with Gasteiger partial charge < -0.3 is 0 Å². The van der Waals surface area contributed by atoms with Crippen molar-refractivity contribution in [3.63, 3.8) is 0 Å². The van der Waals surface area contributed by atoms with E-state index >= 15 is 0 Å². The van der Waals surface area contributed by atoms with Crippen molar-refractivity contribution in [2.75, 3.05) is 0 Å². The van der Waals surface area contributed by atoms with Gasteiger partial charge in [0.15, 0.2) is 0 Å². The maximum atomic E-state index is 12.4. The fraction of sp³-hybridized carbons (Fsp3) is 0. The van der Waals surface area contributed by atoms with Crippen LogP contribution in [0.1, 0.15) is 5.56 Å². The van der Waals surface area contributed by atoms with Crippen LogP contribution in [0.5, 0.6) is 0 Å². The Hall–Kier alpha value is -2.88. The van der Waals surface area contributed by atoms with Crippen LogP contribution < -0.4 is 16.1 Å². The van der Waals surface area contributed by atoms with Crippen LogP contribution in [-0.4, -0.2) is 14.8 Å². The number of hydrogen-bond acceptors (Lipinski definition) is 2. The van der Waals surface area contributed by atoms with Gasteiger partial charge >= 0.3 is 0 Å². The molecule has 98 valence electrons. The van der Waals surface area contributed by atoms with Gasteiger partial charge in [0.2, 0.25) is 0 Å². The third-order valence-electron chi connectivity index (χ3n) is 3.02. The van der Waals surface area contributed by atoms with E-state index in [1.54, 1.807) is 18.5 Å². The molecular formula is C16H13N3O. The number of H-pyrrole nitrogens is 1. The summed E-state index contributed by atoms with van der Waals surface area (Å²) in [7, 11) is 0. The summed E-state index contributed by atoms with van der Waals surface area (Å²) in [4.78, 5) is 16.5. The van der Waals surface area contributed by atoms with E-state index in [0.29, 0.717) is 10.6 Å². The smallest absolute Gasteiger partial charge is 0.279 e. The van der Waals surface area contributed by atoms with E-state index in [4.69, 9.17) is 0 Å². The van der Waals surface area contributed by atoms with Crippen LogP contribution in [0.3, 0.4) is 0 Å². The minimum atomic E-state index is -0.120. The summed E-state index contributed by atoms with van der Waals surface area (Å²) in [6.07, 6.45) is 5.19. The monoisotopic (exact) mass is 263 g/mol. The summed E-state index contributed by atoms with van der Waals surface area (Å²) in [5.74, 6) is 0.